The number of ether oxygens (including phenoxy) is 1. The highest BCUT2D eigenvalue weighted by atomic mass is 32.1. The van der Waals surface area contributed by atoms with Gasteiger partial charge >= 0.3 is 5.82 Å². The largest absolute Gasteiger partial charge is 0.497 e. The van der Waals surface area contributed by atoms with Crippen molar-refractivity contribution in [3.8, 4) is 17.3 Å². The number of para-hydroxylation sites is 2. The van der Waals surface area contributed by atoms with Gasteiger partial charge in [0.05, 0.1) is 19.0 Å². The molecule has 2 aromatic heterocycles. The van der Waals surface area contributed by atoms with Crippen LogP contribution >= 0.6 is 11.3 Å². The molecule has 0 radical (unpaired) electrons. The molecule has 2 N–H and O–H groups in total. The average molecular weight is 365 g/mol. The highest BCUT2D eigenvalue weighted by Gasteiger charge is 2.23. The summed E-state index contributed by atoms with van der Waals surface area (Å²) in [7, 11) is 1.61. The van der Waals surface area contributed by atoms with Gasteiger partial charge in [-0.05, 0) is 29.8 Å². The van der Waals surface area contributed by atoms with Crippen molar-refractivity contribution in [1.29, 1.82) is 0 Å². The van der Waals surface area contributed by atoms with Gasteiger partial charge in [-0.25, -0.2) is 9.97 Å². The number of nitrogens with zero attached hydrogens (tertiary/aromatic N) is 2. The maximum Gasteiger partial charge on any atom is 0.331 e. The summed E-state index contributed by atoms with van der Waals surface area (Å²) in [6.07, 6.45) is 0.250. The van der Waals surface area contributed by atoms with E-state index in [4.69, 9.17) is 4.74 Å². The Kier molecular flexibility index (Phi) is 4.37. The van der Waals surface area contributed by atoms with Crippen molar-refractivity contribution in [3.05, 3.63) is 65.0 Å². The van der Waals surface area contributed by atoms with Crippen LogP contribution in [0.1, 0.15) is 5.56 Å². The number of fused-ring (bicyclic) bond motifs is 1. The Morgan fingerprint density at radius 2 is 2.15 bits per heavy atom. The van der Waals surface area contributed by atoms with E-state index in [9.17, 15) is 4.79 Å². The number of carbonyl (C=O) groups is 1. The van der Waals surface area contributed by atoms with Gasteiger partial charge in [-0.2, -0.15) is 5.43 Å². The number of rotatable bonds is 5. The molecule has 7 heteroatoms. The highest BCUT2D eigenvalue weighted by Crippen LogP contribution is 2.18. The molecular formula is C19H17N4O2S+. The zero-order chi connectivity index (χ0) is 17.9. The van der Waals surface area contributed by atoms with E-state index in [0.29, 0.717) is 0 Å². The quantitative estimate of drug-likeness (QED) is 0.534. The van der Waals surface area contributed by atoms with Gasteiger partial charge in [0.1, 0.15) is 5.75 Å². The SMILES string of the molecule is COc1cccc(CC(=O)N[n+]2c(-c3cscn3)[nH]c3ccccc32)c1. The summed E-state index contributed by atoms with van der Waals surface area (Å²) < 4.78 is 6.98. The second-order valence-corrected chi connectivity index (χ2v) is 6.48. The Balaban J connectivity index is 1.65. The molecule has 4 rings (SSSR count). The number of amides is 1. The van der Waals surface area contributed by atoms with Crippen LogP contribution in [0.4, 0.5) is 0 Å². The molecule has 26 heavy (non-hydrogen) atoms. The lowest BCUT2D eigenvalue weighted by Crippen LogP contribution is -2.49. The summed E-state index contributed by atoms with van der Waals surface area (Å²) in [5.41, 5.74) is 8.23. The molecule has 4 aromatic rings. The van der Waals surface area contributed by atoms with E-state index in [-0.39, 0.29) is 12.3 Å². The summed E-state index contributed by atoms with van der Waals surface area (Å²) in [5.74, 6) is 1.36. The van der Waals surface area contributed by atoms with Crippen LogP contribution in [0.5, 0.6) is 5.75 Å². The van der Waals surface area contributed by atoms with E-state index in [0.717, 1.165) is 33.9 Å². The molecule has 130 valence electrons. The molecule has 0 atom stereocenters. The van der Waals surface area contributed by atoms with E-state index in [2.05, 4.69) is 15.4 Å². The molecule has 6 nitrogen and oxygen atoms in total. The normalized spacial score (nSPS) is 10.8. The van der Waals surface area contributed by atoms with Crippen molar-refractivity contribution in [2.45, 2.75) is 6.42 Å². The number of H-pyrrole nitrogens is 1. The molecule has 2 aromatic carbocycles. The van der Waals surface area contributed by atoms with Crippen molar-refractivity contribution < 1.29 is 14.2 Å². The number of carbonyl (C=O) groups excluding carboxylic acids is 1. The molecular weight excluding hydrogens is 348 g/mol. The van der Waals surface area contributed by atoms with Crippen molar-refractivity contribution in [3.63, 3.8) is 0 Å². The third kappa shape index (κ3) is 3.16. The molecule has 0 aliphatic heterocycles. The number of methoxy groups -OCH3 is 1. The Morgan fingerprint density at radius 3 is 2.96 bits per heavy atom. The van der Waals surface area contributed by atoms with Crippen LogP contribution in [0.25, 0.3) is 22.6 Å². The summed E-state index contributed by atoms with van der Waals surface area (Å²) in [4.78, 5) is 20.3. The second kappa shape index (κ2) is 6.97. The first-order valence-electron chi connectivity index (χ1n) is 8.09. The number of hydrogen-bond donors (Lipinski definition) is 2. The van der Waals surface area contributed by atoms with Crippen molar-refractivity contribution in [2.24, 2.45) is 0 Å². The molecule has 0 aliphatic rings. The van der Waals surface area contributed by atoms with E-state index in [1.807, 2.05) is 53.9 Å². The molecule has 1 amide bonds. The van der Waals surface area contributed by atoms with Crippen LogP contribution < -0.4 is 14.8 Å². The lowest BCUT2D eigenvalue weighted by atomic mass is 10.1. The minimum Gasteiger partial charge on any atom is -0.497 e. The topological polar surface area (TPSA) is 70.9 Å². The predicted octanol–water partition coefficient (Wildman–Crippen LogP) is 2.90. The van der Waals surface area contributed by atoms with Crippen molar-refractivity contribution in [1.82, 2.24) is 9.97 Å². The molecule has 0 aliphatic carbocycles. The van der Waals surface area contributed by atoms with Gasteiger partial charge in [0.25, 0.3) is 5.91 Å². The summed E-state index contributed by atoms with van der Waals surface area (Å²) in [6.45, 7) is 0. The van der Waals surface area contributed by atoms with E-state index >= 15 is 0 Å². The molecule has 0 fully saturated rings. The molecule has 0 bridgehead atoms. The van der Waals surface area contributed by atoms with Gasteiger partial charge in [-0.1, -0.05) is 24.3 Å². The standard InChI is InChI=1S/C19H16N4O2S/c1-25-14-6-4-5-13(9-14)10-18(24)22-23-17-8-3-2-7-15(17)21-19(23)16-11-26-12-20-16/h2-9,11-12H,10H2,1H3,(H,22,24)/p+1. The van der Waals surface area contributed by atoms with Crippen molar-refractivity contribution in [2.75, 3.05) is 12.5 Å². The summed E-state index contributed by atoms with van der Waals surface area (Å²) in [5, 5.41) is 1.94. The van der Waals surface area contributed by atoms with Gasteiger partial charge in [0.15, 0.2) is 11.2 Å². The van der Waals surface area contributed by atoms with Gasteiger partial charge < -0.3 is 4.74 Å². The molecule has 0 saturated heterocycles. The maximum atomic E-state index is 12.6. The first-order valence-corrected chi connectivity index (χ1v) is 9.03. The van der Waals surface area contributed by atoms with Crippen LogP contribution in [-0.4, -0.2) is 23.0 Å². The Bertz CT molecular complexity index is 1060. The third-order valence-electron chi connectivity index (χ3n) is 4.03. The van der Waals surface area contributed by atoms with Crippen LogP contribution in [-0.2, 0) is 11.2 Å². The number of aromatic nitrogens is 3. The average Bonchev–Trinajstić information content (AvgIpc) is 3.30. The van der Waals surface area contributed by atoms with Gasteiger partial charge in [-0.3, -0.25) is 4.79 Å². The minimum absolute atomic E-state index is 0.121. The Hall–Kier alpha value is -3.19. The minimum atomic E-state index is -0.121. The predicted molar refractivity (Wildman–Crippen MR) is 101 cm³/mol. The van der Waals surface area contributed by atoms with Crippen LogP contribution in [0, 0.1) is 0 Å². The summed E-state index contributed by atoms with van der Waals surface area (Å²) >= 11 is 1.51. The van der Waals surface area contributed by atoms with E-state index < -0.39 is 0 Å². The van der Waals surface area contributed by atoms with Crippen LogP contribution in [0.3, 0.4) is 0 Å². The highest BCUT2D eigenvalue weighted by molar-refractivity contribution is 7.07. The number of thiazole rings is 1. The Morgan fingerprint density at radius 1 is 1.27 bits per heavy atom. The van der Waals surface area contributed by atoms with Gasteiger partial charge in [0, 0.05) is 5.38 Å². The lowest BCUT2D eigenvalue weighted by Gasteiger charge is -2.05. The fourth-order valence-corrected chi connectivity index (χ4v) is 3.37. The zero-order valence-electron chi connectivity index (χ0n) is 14.1. The summed E-state index contributed by atoms with van der Waals surface area (Å²) in [6, 6.07) is 15.3. The lowest BCUT2D eigenvalue weighted by molar-refractivity contribution is -0.603. The smallest absolute Gasteiger partial charge is 0.331 e. The molecule has 2 heterocycles. The van der Waals surface area contributed by atoms with Crippen molar-refractivity contribution >= 4 is 28.3 Å². The number of aromatic amines is 1. The molecule has 0 unspecified atom stereocenters. The monoisotopic (exact) mass is 365 g/mol. The zero-order valence-corrected chi connectivity index (χ0v) is 14.9. The van der Waals surface area contributed by atoms with Crippen LogP contribution in [0.2, 0.25) is 0 Å². The number of hydrogen-bond acceptors (Lipinski definition) is 4. The number of benzene rings is 2. The van der Waals surface area contributed by atoms with Gasteiger partial charge in [0.2, 0.25) is 5.52 Å². The first kappa shape index (κ1) is 16.3. The fraction of sp³-hybridized carbons (Fsp3) is 0.105. The first-order chi connectivity index (χ1) is 12.7. The maximum absolute atomic E-state index is 12.6. The Labute approximate surface area is 154 Å². The van der Waals surface area contributed by atoms with Gasteiger partial charge in [-0.15, -0.1) is 16.0 Å². The number of nitrogens with one attached hydrogen (secondary N) is 2. The van der Waals surface area contributed by atoms with E-state index in [1.54, 1.807) is 17.3 Å². The second-order valence-electron chi connectivity index (χ2n) is 5.76. The number of imidazole rings is 1. The van der Waals surface area contributed by atoms with E-state index in [1.165, 1.54) is 11.3 Å². The fourth-order valence-electron chi connectivity index (χ4n) is 2.83. The third-order valence-corrected chi connectivity index (χ3v) is 4.62. The molecule has 0 spiro atoms. The van der Waals surface area contributed by atoms with Crippen LogP contribution in [0.15, 0.2) is 59.4 Å². The molecule has 0 saturated carbocycles.